The molecule has 0 bridgehead atoms. The first-order valence-electron chi connectivity index (χ1n) is 8.95. The molecule has 6 nitrogen and oxygen atoms in total. The van der Waals surface area contributed by atoms with E-state index in [1.54, 1.807) is 35.2 Å². The maximum Gasteiger partial charge on any atom is 0.229 e. The smallest absolute Gasteiger partial charge is 0.229 e. The Morgan fingerprint density at radius 2 is 1.68 bits per heavy atom. The predicted octanol–water partition coefficient (Wildman–Crippen LogP) is 3.05. The van der Waals surface area contributed by atoms with Crippen LogP contribution in [-0.4, -0.2) is 57.1 Å². The third-order valence-corrected chi connectivity index (χ3v) is 7.06. The molecule has 0 spiro atoms. The molecule has 0 saturated carbocycles. The molecule has 1 heterocycles. The first-order chi connectivity index (χ1) is 13.4. The van der Waals surface area contributed by atoms with Crippen LogP contribution in [0.5, 0.6) is 0 Å². The molecule has 0 aliphatic rings. The minimum absolute atomic E-state index is 0.0828. The van der Waals surface area contributed by atoms with Crippen molar-refractivity contribution in [2.24, 2.45) is 0 Å². The van der Waals surface area contributed by atoms with Crippen molar-refractivity contribution in [2.45, 2.75) is 11.3 Å². The summed E-state index contributed by atoms with van der Waals surface area (Å²) >= 11 is 1.44. The molecule has 0 saturated heterocycles. The van der Waals surface area contributed by atoms with Crippen molar-refractivity contribution in [2.75, 3.05) is 37.8 Å². The van der Waals surface area contributed by atoms with Crippen molar-refractivity contribution >= 4 is 42.4 Å². The molecule has 0 aliphatic carbocycles. The van der Waals surface area contributed by atoms with Gasteiger partial charge in [-0.1, -0.05) is 41.7 Å². The molecule has 0 radical (unpaired) electrons. The number of hydrogen-bond donors (Lipinski definition) is 0. The van der Waals surface area contributed by atoms with Crippen molar-refractivity contribution < 1.29 is 13.2 Å². The zero-order valence-corrected chi connectivity index (χ0v) is 17.5. The highest BCUT2D eigenvalue weighted by molar-refractivity contribution is 7.91. The van der Waals surface area contributed by atoms with Crippen LogP contribution in [0.4, 0.5) is 5.13 Å². The van der Waals surface area contributed by atoms with Crippen molar-refractivity contribution in [1.29, 1.82) is 0 Å². The zero-order valence-electron chi connectivity index (χ0n) is 15.9. The molecule has 1 amide bonds. The van der Waals surface area contributed by atoms with Gasteiger partial charge in [-0.3, -0.25) is 9.69 Å². The summed E-state index contributed by atoms with van der Waals surface area (Å²) < 4.78 is 26.0. The topological polar surface area (TPSA) is 70.6 Å². The first kappa shape index (κ1) is 20.4. The Bertz CT molecular complexity index is 1010. The van der Waals surface area contributed by atoms with Crippen LogP contribution in [0.15, 0.2) is 59.5 Å². The zero-order chi connectivity index (χ0) is 20.1. The minimum Gasteiger partial charge on any atom is -0.308 e. The Morgan fingerprint density at radius 1 is 1.00 bits per heavy atom. The molecule has 3 aromatic rings. The molecule has 0 fully saturated rings. The monoisotopic (exact) mass is 417 g/mol. The summed E-state index contributed by atoms with van der Waals surface area (Å²) in [6, 6.07) is 15.9. The maximum atomic E-state index is 12.9. The third-order valence-electron chi connectivity index (χ3n) is 4.27. The number of carbonyl (C=O) groups excluding carboxylic acids is 1. The van der Waals surface area contributed by atoms with E-state index in [9.17, 15) is 13.2 Å². The molecule has 148 valence electrons. The second kappa shape index (κ2) is 8.81. The lowest BCUT2D eigenvalue weighted by Crippen LogP contribution is -2.37. The average Bonchev–Trinajstić information content (AvgIpc) is 3.11. The number of nitrogens with zero attached hydrogens (tertiary/aromatic N) is 3. The number of para-hydroxylation sites is 1. The standard InChI is InChI=1S/C20H23N3O3S2/c1-22(2)13-14-23(20-21-17-10-6-7-11-18(17)27-20)19(24)12-15-28(25,26)16-8-4-3-5-9-16/h3-11H,12-15H2,1-2H3. The molecule has 0 N–H and O–H groups in total. The van der Waals surface area contributed by atoms with Gasteiger partial charge in [-0.2, -0.15) is 0 Å². The van der Waals surface area contributed by atoms with E-state index in [2.05, 4.69) is 4.98 Å². The highest BCUT2D eigenvalue weighted by Gasteiger charge is 2.23. The highest BCUT2D eigenvalue weighted by Crippen LogP contribution is 2.29. The van der Waals surface area contributed by atoms with Gasteiger partial charge in [0.25, 0.3) is 0 Å². The van der Waals surface area contributed by atoms with Gasteiger partial charge >= 0.3 is 0 Å². The van der Waals surface area contributed by atoms with Crippen LogP contribution in [0.2, 0.25) is 0 Å². The average molecular weight is 418 g/mol. The van der Waals surface area contributed by atoms with Gasteiger partial charge < -0.3 is 4.90 Å². The fourth-order valence-corrected chi connectivity index (χ4v) is 4.96. The lowest BCUT2D eigenvalue weighted by molar-refractivity contribution is -0.118. The van der Waals surface area contributed by atoms with Crippen LogP contribution in [-0.2, 0) is 14.6 Å². The molecule has 8 heteroatoms. The van der Waals surface area contributed by atoms with Crippen LogP contribution in [0, 0.1) is 0 Å². The van der Waals surface area contributed by atoms with Gasteiger partial charge in [0.05, 0.1) is 20.9 Å². The number of likely N-dealkylation sites (N-methyl/N-ethyl adjacent to an activating group) is 1. The Morgan fingerprint density at radius 3 is 2.36 bits per heavy atom. The number of benzene rings is 2. The number of sulfone groups is 1. The minimum atomic E-state index is -3.50. The summed E-state index contributed by atoms with van der Waals surface area (Å²) in [5.74, 6) is -0.459. The molecule has 1 aromatic heterocycles. The number of thiazole rings is 1. The number of fused-ring (bicyclic) bond motifs is 1. The van der Waals surface area contributed by atoms with Crippen molar-refractivity contribution in [3.8, 4) is 0 Å². The number of hydrogen-bond acceptors (Lipinski definition) is 6. The second-order valence-corrected chi connectivity index (χ2v) is 9.81. The van der Waals surface area contributed by atoms with E-state index in [1.165, 1.54) is 11.3 Å². The van der Waals surface area contributed by atoms with Crippen molar-refractivity contribution in [1.82, 2.24) is 9.88 Å². The summed E-state index contributed by atoms with van der Waals surface area (Å²) in [6.07, 6.45) is -0.0828. The normalized spacial score (nSPS) is 11.8. The molecule has 0 aliphatic heterocycles. The predicted molar refractivity (Wildman–Crippen MR) is 114 cm³/mol. The van der Waals surface area contributed by atoms with E-state index < -0.39 is 9.84 Å². The van der Waals surface area contributed by atoms with Gasteiger partial charge in [-0.05, 0) is 38.4 Å². The Hall–Kier alpha value is -2.29. The Kier molecular flexibility index (Phi) is 6.43. The molecule has 28 heavy (non-hydrogen) atoms. The lowest BCUT2D eigenvalue weighted by Gasteiger charge is -2.22. The van der Waals surface area contributed by atoms with Crippen LogP contribution in [0.1, 0.15) is 6.42 Å². The number of amides is 1. The van der Waals surface area contributed by atoms with Crippen molar-refractivity contribution in [3.05, 3.63) is 54.6 Å². The van der Waals surface area contributed by atoms with Gasteiger partial charge in [-0.15, -0.1) is 0 Å². The van der Waals surface area contributed by atoms with Crippen LogP contribution in [0.25, 0.3) is 10.2 Å². The number of carbonyl (C=O) groups is 1. The fourth-order valence-electron chi connectivity index (χ4n) is 2.70. The van der Waals surface area contributed by atoms with Crippen LogP contribution in [0.3, 0.4) is 0 Å². The van der Waals surface area contributed by atoms with Gasteiger partial charge in [-0.25, -0.2) is 13.4 Å². The molecule has 3 rings (SSSR count). The summed E-state index contributed by atoms with van der Waals surface area (Å²) in [5, 5.41) is 0.602. The van der Waals surface area contributed by atoms with E-state index in [0.717, 1.165) is 10.2 Å². The van der Waals surface area contributed by atoms with E-state index in [1.807, 2.05) is 43.3 Å². The third kappa shape index (κ3) is 4.95. The molecular weight excluding hydrogens is 394 g/mol. The Balaban J connectivity index is 1.78. The van der Waals surface area contributed by atoms with E-state index >= 15 is 0 Å². The number of aromatic nitrogens is 1. The summed E-state index contributed by atoms with van der Waals surface area (Å²) in [4.78, 5) is 21.3. The van der Waals surface area contributed by atoms with Crippen molar-refractivity contribution in [3.63, 3.8) is 0 Å². The lowest BCUT2D eigenvalue weighted by atomic mass is 10.3. The molecule has 0 atom stereocenters. The van der Waals surface area contributed by atoms with Gasteiger partial charge in [0.15, 0.2) is 15.0 Å². The number of anilines is 1. The highest BCUT2D eigenvalue weighted by atomic mass is 32.2. The SMILES string of the molecule is CN(C)CCN(C(=O)CCS(=O)(=O)c1ccccc1)c1nc2ccccc2s1. The Labute approximate surface area is 169 Å². The molecular formula is C20H23N3O3S2. The summed E-state index contributed by atoms with van der Waals surface area (Å²) in [6.45, 7) is 1.12. The fraction of sp³-hybridized carbons (Fsp3) is 0.300. The van der Waals surface area contributed by atoms with Gasteiger partial charge in [0, 0.05) is 19.5 Å². The van der Waals surface area contributed by atoms with E-state index in [0.29, 0.717) is 18.2 Å². The number of rotatable bonds is 8. The quantitative estimate of drug-likeness (QED) is 0.563. The summed E-state index contributed by atoms with van der Waals surface area (Å²) in [7, 11) is 0.361. The van der Waals surface area contributed by atoms with Gasteiger partial charge in [0.2, 0.25) is 5.91 Å². The van der Waals surface area contributed by atoms with E-state index in [-0.39, 0.29) is 23.0 Å². The van der Waals surface area contributed by atoms with Crippen LogP contribution >= 0.6 is 11.3 Å². The summed E-state index contributed by atoms with van der Waals surface area (Å²) in [5.41, 5.74) is 0.835. The largest absolute Gasteiger partial charge is 0.308 e. The first-order valence-corrected chi connectivity index (χ1v) is 11.4. The molecule has 0 unspecified atom stereocenters. The second-order valence-electron chi connectivity index (χ2n) is 6.69. The van der Waals surface area contributed by atoms with E-state index in [4.69, 9.17) is 0 Å². The maximum absolute atomic E-state index is 12.9. The van der Waals surface area contributed by atoms with Gasteiger partial charge in [0.1, 0.15) is 0 Å². The van der Waals surface area contributed by atoms with Crippen LogP contribution < -0.4 is 4.90 Å². The molecule has 2 aromatic carbocycles.